The highest BCUT2D eigenvalue weighted by molar-refractivity contribution is 7.99. The molecule has 0 saturated heterocycles. The average Bonchev–Trinajstić information content (AvgIpc) is 2.31. The topological polar surface area (TPSA) is 15.3 Å². The SMILES string of the molecule is Cc1cc(SCCN(C)C)ccc1CNCC(C)C. The van der Waals surface area contributed by atoms with Crippen LogP contribution in [0.15, 0.2) is 23.1 Å². The van der Waals surface area contributed by atoms with E-state index in [4.69, 9.17) is 0 Å². The third kappa shape index (κ3) is 7.00. The fourth-order valence-corrected chi connectivity index (χ4v) is 2.91. The van der Waals surface area contributed by atoms with E-state index in [0.717, 1.165) is 25.4 Å². The van der Waals surface area contributed by atoms with Crippen molar-refractivity contribution in [3.63, 3.8) is 0 Å². The molecule has 1 aromatic carbocycles. The highest BCUT2D eigenvalue weighted by atomic mass is 32.2. The first kappa shape index (κ1) is 16.5. The minimum atomic E-state index is 0.709. The Bertz CT molecular complexity index is 375. The Morgan fingerprint density at radius 1 is 1.26 bits per heavy atom. The zero-order valence-electron chi connectivity index (χ0n) is 13.0. The highest BCUT2D eigenvalue weighted by Crippen LogP contribution is 2.21. The predicted octanol–water partition coefficient (Wildman–Crippen LogP) is 3.39. The van der Waals surface area contributed by atoms with E-state index in [2.05, 4.69) is 63.3 Å². The van der Waals surface area contributed by atoms with Gasteiger partial charge >= 0.3 is 0 Å². The van der Waals surface area contributed by atoms with Crippen LogP contribution in [0, 0.1) is 12.8 Å². The summed E-state index contributed by atoms with van der Waals surface area (Å²) in [6.45, 7) is 9.88. The first-order valence-corrected chi connectivity index (χ1v) is 8.05. The summed E-state index contributed by atoms with van der Waals surface area (Å²) in [7, 11) is 4.24. The second-order valence-corrected chi connectivity index (χ2v) is 6.93. The molecule has 0 aliphatic carbocycles. The smallest absolute Gasteiger partial charge is 0.0208 e. The standard InChI is InChI=1S/C16H28N2S/c1-13(2)11-17-12-15-6-7-16(10-14(15)3)19-9-8-18(4)5/h6-7,10,13,17H,8-9,11-12H2,1-5H3. The van der Waals surface area contributed by atoms with Crippen LogP contribution in [0.1, 0.15) is 25.0 Å². The number of hydrogen-bond donors (Lipinski definition) is 1. The van der Waals surface area contributed by atoms with Crippen molar-refractivity contribution in [1.29, 1.82) is 0 Å². The zero-order valence-corrected chi connectivity index (χ0v) is 13.8. The van der Waals surface area contributed by atoms with Crippen molar-refractivity contribution in [2.45, 2.75) is 32.2 Å². The zero-order chi connectivity index (χ0) is 14.3. The largest absolute Gasteiger partial charge is 0.312 e. The van der Waals surface area contributed by atoms with Crippen LogP contribution >= 0.6 is 11.8 Å². The van der Waals surface area contributed by atoms with E-state index >= 15 is 0 Å². The minimum absolute atomic E-state index is 0.709. The van der Waals surface area contributed by atoms with Gasteiger partial charge < -0.3 is 10.2 Å². The molecule has 1 N–H and O–H groups in total. The Morgan fingerprint density at radius 3 is 2.58 bits per heavy atom. The van der Waals surface area contributed by atoms with Crippen LogP contribution in [0.4, 0.5) is 0 Å². The maximum Gasteiger partial charge on any atom is 0.0208 e. The van der Waals surface area contributed by atoms with Crippen LogP contribution in [0.3, 0.4) is 0 Å². The molecule has 0 aliphatic heterocycles. The monoisotopic (exact) mass is 280 g/mol. The highest BCUT2D eigenvalue weighted by Gasteiger charge is 2.02. The van der Waals surface area contributed by atoms with E-state index in [0.29, 0.717) is 5.92 Å². The van der Waals surface area contributed by atoms with Gasteiger partial charge in [-0.2, -0.15) is 0 Å². The van der Waals surface area contributed by atoms with Crippen molar-refractivity contribution in [2.75, 3.05) is 32.9 Å². The molecule has 19 heavy (non-hydrogen) atoms. The molecule has 0 bridgehead atoms. The second-order valence-electron chi connectivity index (χ2n) is 5.76. The van der Waals surface area contributed by atoms with Crippen molar-refractivity contribution < 1.29 is 0 Å². The Morgan fingerprint density at radius 2 is 2.00 bits per heavy atom. The molecule has 108 valence electrons. The Kier molecular flexibility index (Phi) is 7.51. The Hall–Kier alpha value is -0.510. The molecule has 0 heterocycles. The van der Waals surface area contributed by atoms with Gasteiger partial charge in [0.2, 0.25) is 0 Å². The molecular formula is C16H28N2S. The molecule has 2 nitrogen and oxygen atoms in total. The minimum Gasteiger partial charge on any atom is -0.312 e. The van der Waals surface area contributed by atoms with Gasteiger partial charge in [0.25, 0.3) is 0 Å². The summed E-state index contributed by atoms with van der Waals surface area (Å²) in [6.07, 6.45) is 0. The molecule has 3 heteroatoms. The van der Waals surface area contributed by atoms with Crippen molar-refractivity contribution in [2.24, 2.45) is 5.92 Å². The lowest BCUT2D eigenvalue weighted by Crippen LogP contribution is -2.19. The third-order valence-corrected chi connectivity index (χ3v) is 3.96. The lowest BCUT2D eigenvalue weighted by Gasteiger charge is -2.12. The van der Waals surface area contributed by atoms with Crippen LogP contribution in [0.25, 0.3) is 0 Å². The average molecular weight is 280 g/mol. The number of benzene rings is 1. The van der Waals surface area contributed by atoms with Gasteiger partial charge in [0, 0.05) is 23.7 Å². The number of thioether (sulfide) groups is 1. The maximum absolute atomic E-state index is 3.51. The van der Waals surface area contributed by atoms with E-state index < -0.39 is 0 Å². The fourth-order valence-electron chi connectivity index (χ4n) is 1.80. The van der Waals surface area contributed by atoms with Crippen LogP contribution < -0.4 is 5.32 Å². The summed E-state index contributed by atoms with van der Waals surface area (Å²) in [4.78, 5) is 3.61. The molecule has 1 rings (SSSR count). The van der Waals surface area contributed by atoms with Crippen molar-refractivity contribution >= 4 is 11.8 Å². The van der Waals surface area contributed by atoms with Gasteiger partial charge in [0.05, 0.1) is 0 Å². The van der Waals surface area contributed by atoms with Crippen molar-refractivity contribution in [1.82, 2.24) is 10.2 Å². The number of nitrogens with one attached hydrogen (secondary N) is 1. The number of aryl methyl sites for hydroxylation is 1. The summed E-state index contributed by atoms with van der Waals surface area (Å²) in [5, 5.41) is 3.51. The van der Waals surface area contributed by atoms with Gasteiger partial charge in [-0.1, -0.05) is 19.9 Å². The normalized spacial score (nSPS) is 11.5. The lowest BCUT2D eigenvalue weighted by molar-refractivity contribution is 0.437. The van der Waals surface area contributed by atoms with Crippen LogP contribution in [-0.2, 0) is 6.54 Å². The van der Waals surface area contributed by atoms with Crippen LogP contribution in [0.2, 0.25) is 0 Å². The molecule has 1 aromatic rings. The summed E-state index contributed by atoms with van der Waals surface area (Å²) in [5.41, 5.74) is 2.81. The summed E-state index contributed by atoms with van der Waals surface area (Å²) < 4.78 is 0. The summed E-state index contributed by atoms with van der Waals surface area (Å²) in [6, 6.07) is 6.83. The summed E-state index contributed by atoms with van der Waals surface area (Å²) in [5.74, 6) is 1.86. The Labute approximate surface area is 123 Å². The van der Waals surface area contributed by atoms with Crippen molar-refractivity contribution in [3.05, 3.63) is 29.3 Å². The van der Waals surface area contributed by atoms with E-state index in [1.54, 1.807) is 0 Å². The van der Waals surface area contributed by atoms with Gasteiger partial charge in [-0.15, -0.1) is 11.8 Å². The third-order valence-electron chi connectivity index (χ3n) is 2.99. The lowest BCUT2D eigenvalue weighted by atomic mass is 10.1. The Balaban J connectivity index is 2.45. The predicted molar refractivity (Wildman–Crippen MR) is 87.0 cm³/mol. The molecular weight excluding hydrogens is 252 g/mol. The van der Waals surface area contributed by atoms with Gasteiger partial charge in [0.1, 0.15) is 0 Å². The van der Waals surface area contributed by atoms with Crippen LogP contribution in [0.5, 0.6) is 0 Å². The molecule has 0 radical (unpaired) electrons. The van der Waals surface area contributed by atoms with Gasteiger partial charge in [0.15, 0.2) is 0 Å². The second kappa shape index (κ2) is 8.62. The van der Waals surface area contributed by atoms with Gasteiger partial charge in [-0.3, -0.25) is 0 Å². The number of hydrogen-bond acceptors (Lipinski definition) is 3. The molecule has 0 fully saturated rings. The van der Waals surface area contributed by atoms with Gasteiger partial charge in [-0.05, 0) is 56.7 Å². The summed E-state index contributed by atoms with van der Waals surface area (Å²) >= 11 is 1.94. The number of nitrogens with zero attached hydrogens (tertiary/aromatic N) is 1. The molecule has 0 spiro atoms. The molecule has 0 unspecified atom stereocenters. The van der Waals surface area contributed by atoms with E-state index in [-0.39, 0.29) is 0 Å². The van der Waals surface area contributed by atoms with Crippen molar-refractivity contribution in [3.8, 4) is 0 Å². The maximum atomic E-state index is 3.51. The van der Waals surface area contributed by atoms with E-state index in [1.165, 1.54) is 16.0 Å². The van der Waals surface area contributed by atoms with Gasteiger partial charge in [-0.25, -0.2) is 0 Å². The molecule has 0 aromatic heterocycles. The fraction of sp³-hybridized carbons (Fsp3) is 0.625. The number of rotatable bonds is 8. The van der Waals surface area contributed by atoms with E-state index in [1.807, 2.05) is 11.8 Å². The van der Waals surface area contributed by atoms with E-state index in [9.17, 15) is 0 Å². The van der Waals surface area contributed by atoms with Crippen LogP contribution in [-0.4, -0.2) is 37.8 Å². The quantitative estimate of drug-likeness (QED) is 0.735. The molecule has 0 saturated carbocycles. The molecule has 0 aliphatic rings. The first-order valence-electron chi connectivity index (χ1n) is 7.07. The molecule has 0 amide bonds. The first-order chi connectivity index (χ1) is 8.99. The molecule has 0 atom stereocenters.